The molecule has 10 atom stereocenters. The molecule has 5 N–H and O–H groups in total. The van der Waals surface area contributed by atoms with Gasteiger partial charge in [-0.25, -0.2) is 0 Å². The molecule has 1 unspecified atom stereocenters. The number of carbonyl (C=O) groups is 1. The van der Waals surface area contributed by atoms with E-state index < -0.39 is 40.3 Å². The van der Waals surface area contributed by atoms with Crippen LogP contribution in [0, 0.1) is 34.5 Å². The Morgan fingerprint density at radius 3 is 2.42 bits per heavy atom. The summed E-state index contributed by atoms with van der Waals surface area (Å²) in [6, 6.07) is 0. The quantitative estimate of drug-likeness (QED) is 0.427. The van der Waals surface area contributed by atoms with E-state index in [2.05, 4.69) is 20.8 Å². The topological polar surface area (TPSA) is 118 Å². The van der Waals surface area contributed by atoms with Crippen molar-refractivity contribution in [3.63, 3.8) is 0 Å². The minimum atomic E-state index is -1.10. The zero-order valence-electron chi connectivity index (χ0n) is 20.9. The van der Waals surface area contributed by atoms with Gasteiger partial charge in [-0.2, -0.15) is 0 Å². The van der Waals surface area contributed by atoms with Gasteiger partial charge in [0.15, 0.2) is 5.78 Å². The molecule has 0 aromatic heterocycles. The fourth-order valence-corrected chi connectivity index (χ4v) is 8.29. The normalized spacial score (nSPS) is 47.3. The number of carbonyl (C=O) groups excluding carboxylic acids is 1. The predicted molar refractivity (Wildman–Crippen MR) is 125 cm³/mol. The van der Waals surface area contributed by atoms with Crippen molar-refractivity contribution >= 4 is 5.78 Å². The van der Waals surface area contributed by atoms with Crippen molar-refractivity contribution in [3.8, 4) is 0 Å². The summed E-state index contributed by atoms with van der Waals surface area (Å²) in [5.74, 6) is -0.264. The van der Waals surface area contributed by atoms with Crippen molar-refractivity contribution in [2.45, 2.75) is 115 Å². The van der Waals surface area contributed by atoms with Gasteiger partial charge in [0, 0.05) is 11.3 Å². The third kappa shape index (κ3) is 3.85. The molecule has 3 saturated carbocycles. The zero-order chi connectivity index (χ0) is 24.6. The van der Waals surface area contributed by atoms with E-state index in [4.69, 9.17) is 0 Å². The van der Waals surface area contributed by atoms with Crippen molar-refractivity contribution in [2.24, 2.45) is 34.5 Å². The van der Waals surface area contributed by atoms with Gasteiger partial charge >= 0.3 is 0 Å². The van der Waals surface area contributed by atoms with Gasteiger partial charge in [-0.3, -0.25) is 4.79 Å². The Labute approximate surface area is 198 Å². The van der Waals surface area contributed by atoms with E-state index in [0.717, 1.165) is 24.8 Å². The third-order valence-electron chi connectivity index (χ3n) is 10.5. The average molecular weight is 465 g/mol. The van der Waals surface area contributed by atoms with E-state index in [1.807, 2.05) is 0 Å². The molecule has 33 heavy (non-hydrogen) atoms. The van der Waals surface area contributed by atoms with Crippen LogP contribution in [0.5, 0.6) is 0 Å². The maximum Gasteiger partial charge on any atom is 0.159 e. The molecule has 188 valence electrons. The minimum absolute atomic E-state index is 0.00888. The summed E-state index contributed by atoms with van der Waals surface area (Å²) in [4.78, 5) is 13.2. The molecular weight excluding hydrogens is 420 g/mol. The monoisotopic (exact) mass is 464 g/mol. The number of aliphatic hydroxyl groups is 5. The second kappa shape index (κ2) is 8.12. The number of allylic oxidation sites excluding steroid dienone is 1. The summed E-state index contributed by atoms with van der Waals surface area (Å²) in [5, 5.41) is 53.9. The Morgan fingerprint density at radius 2 is 1.79 bits per heavy atom. The minimum Gasteiger partial charge on any atom is -0.393 e. The van der Waals surface area contributed by atoms with E-state index in [0.29, 0.717) is 25.7 Å². The first-order valence-electron chi connectivity index (χ1n) is 12.9. The summed E-state index contributed by atoms with van der Waals surface area (Å²) in [6.07, 6.45) is 4.06. The van der Waals surface area contributed by atoms with E-state index in [-0.39, 0.29) is 35.9 Å². The number of fused-ring (bicyclic) bond motifs is 5. The van der Waals surface area contributed by atoms with Gasteiger partial charge in [0.25, 0.3) is 0 Å². The lowest BCUT2D eigenvalue weighted by molar-refractivity contribution is -0.154. The van der Waals surface area contributed by atoms with Crippen LogP contribution < -0.4 is 0 Å². The van der Waals surface area contributed by atoms with E-state index >= 15 is 0 Å². The largest absolute Gasteiger partial charge is 0.393 e. The molecule has 4 rings (SSSR count). The van der Waals surface area contributed by atoms with Crippen molar-refractivity contribution in [1.82, 2.24) is 0 Å². The molecule has 0 amide bonds. The maximum atomic E-state index is 13.2. The van der Waals surface area contributed by atoms with Gasteiger partial charge in [-0.1, -0.05) is 20.8 Å². The molecule has 4 aliphatic carbocycles. The van der Waals surface area contributed by atoms with E-state index in [1.165, 1.54) is 0 Å². The third-order valence-corrected chi connectivity index (χ3v) is 10.5. The highest BCUT2D eigenvalue weighted by atomic mass is 16.3. The maximum absolute atomic E-state index is 13.2. The molecule has 4 aliphatic rings. The number of ketones is 1. The Morgan fingerprint density at radius 1 is 1.12 bits per heavy atom. The van der Waals surface area contributed by atoms with Crippen LogP contribution >= 0.6 is 0 Å². The smallest absolute Gasteiger partial charge is 0.159 e. The molecule has 0 spiro atoms. The Balaban J connectivity index is 1.62. The molecule has 0 heterocycles. The Kier molecular flexibility index (Phi) is 6.23. The molecule has 0 bridgehead atoms. The highest BCUT2D eigenvalue weighted by molar-refractivity contribution is 5.95. The summed E-state index contributed by atoms with van der Waals surface area (Å²) in [7, 11) is 0. The molecule has 0 saturated heterocycles. The van der Waals surface area contributed by atoms with Crippen LogP contribution in [0.4, 0.5) is 0 Å². The Hall–Kier alpha value is -0.790. The number of hydrogen-bond donors (Lipinski definition) is 5. The van der Waals surface area contributed by atoms with Gasteiger partial charge in [0.05, 0.1) is 29.5 Å². The number of aliphatic hydroxyl groups excluding tert-OH is 3. The van der Waals surface area contributed by atoms with Crippen LogP contribution in [-0.4, -0.2) is 60.8 Å². The van der Waals surface area contributed by atoms with Gasteiger partial charge in [0.1, 0.15) is 0 Å². The van der Waals surface area contributed by atoms with Crippen LogP contribution in [0.1, 0.15) is 86.0 Å². The van der Waals surface area contributed by atoms with Crippen molar-refractivity contribution in [2.75, 3.05) is 0 Å². The van der Waals surface area contributed by atoms with Gasteiger partial charge in [0.2, 0.25) is 0 Å². The Bertz CT molecular complexity index is 816. The molecule has 6 heteroatoms. The first kappa shape index (κ1) is 25.3. The molecule has 6 nitrogen and oxygen atoms in total. The first-order valence-corrected chi connectivity index (χ1v) is 12.9. The molecule has 0 aromatic rings. The molecule has 0 aromatic carbocycles. The van der Waals surface area contributed by atoms with Crippen LogP contribution in [0.3, 0.4) is 0 Å². The lowest BCUT2D eigenvalue weighted by Gasteiger charge is -2.60. The van der Waals surface area contributed by atoms with Crippen LogP contribution in [0.2, 0.25) is 0 Å². The summed E-state index contributed by atoms with van der Waals surface area (Å²) < 4.78 is 0. The molecular formula is C27H44O6. The van der Waals surface area contributed by atoms with Gasteiger partial charge in [-0.05, 0) is 100 Å². The second-order valence-electron chi connectivity index (χ2n) is 12.9. The number of hydrogen-bond acceptors (Lipinski definition) is 6. The SMILES string of the molecule is C[C@H]([C@H](O)CCC(C)(C)O)[C@H]1CC[C@@]2(O)C3=CC(=O)[C@@H]4C[C@H](O)[C@@H](O)C[C@]4(C)C3CC[C@]12C. The predicted octanol–water partition coefficient (Wildman–Crippen LogP) is 2.74. The summed E-state index contributed by atoms with van der Waals surface area (Å²) in [5.41, 5.74) is -2.01. The fraction of sp³-hybridized carbons (Fsp3) is 0.889. The van der Waals surface area contributed by atoms with Crippen molar-refractivity contribution in [3.05, 3.63) is 11.6 Å². The summed E-state index contributed by atoms with van der Waals surface area (Å²) >= 11 is 0. The highest BCUT2D eigenvalue weighted by Gasteiger charge is 2.67. The van der Waals surface area contributed by atoms with E-state index in [1.54, 1.807) is 19.9 Å². The number of rotatable bonds is 5. The molecule has 3 fully saturated rings. The standard InChI is InChI=1S/C27H44O6/c1-15(20(28)8-9-24(2,3)32)16-7-11-27(33)18-12-21(29)19-13-22(30)23(31)14-25(19,4)17(18)6-10-26(16,27)5/h12,15-17,19-20,22-23,28,30-33H,6-11,13-14H2,1-5H3/t15-,16+,17?,19-,20+,22-,23-,25+,26+,27+/m0/s1. The van der Waals surface area contributed by atoms with Gasteiger partial charge in [-0.15, -0.1) is 0 Å². The van der Waals surface area contributed by atoms with Crippen molar-refractivity contribution in [1.29, 1.82) is 0 Å². The highest BCUT2D eigenvalue weighted by Crippen LogP contribution is 2.68. The second-order valence-corrected chi connectivity index (χ2v) is 12.9. The lowest BCUT2D eigenvalue weighted by atomic mass is 9.46. The lowest BCUT2D eigenvalue weighted by Crippen LogP contribution is -2.61. The average Bonchev–Trinajstić information content (AvgIpc) is 2.99. The van der Waals surface area contributed by atoms with E-state index in [9.17, 15) is 30.3 Å². The van der Waals surface area contributed by atoms with Crippen LogP contribution in [-0.2, 0) is 4.79 Å². The van der Waals surface area contributed by atoms with Crippen molar-refractivity contribution < 1.29 is 30.3 Å². The zero-order valence-corrected chi connectivity index (χ0v) is 20.9. The van der Waals surface area contributed by atoms with Crippen LogP contribution in [0.15, 0.2) is 11.6 Å². The molecule has 0 aliphatic heterocycles. The fourth-order valence-electron chi connectivity index (χ4n) is 8.29. The van der Waals surface area contributed by atoms with Gasteiger partial charge < -0.3 is 25.5 Å². The molecule has 0 radical (unpaired) electrons. The summed E-state index contributed by atoms with van der Waals surface area (Å²) in [6.45, 7) is 9.74. The van der Waals surface area contributed by atoms with Crippen LogP contribution in [0.25, 0.3) is 0 Å². The first-order chi connectivity index (χ1) is 15.1.